The number of fused-ring (bicyclic) bond motifs is 1. The molecule has 4 aromatic rings. The van der Waals surface area contributed by atoms with Gasteiger partial charge in [-0.1, -0.05) is 29.8 Å². The Hall–Kier alpha value is -3.32. The third-order valence-electron chi connectivity index (χ3n) is 4.36. The first kappa shape index (κ1) is 19.0. The van der Waals surface area contributed by atoms with Crippen molar-refractivity contribution in [1.29, 1.82) is 0 Å². The lowest BCUT2D eigenvalue weighted by Gasteiger charge is -2.09. The smallest absolute Gasteiger partial charge is 0.416 e. The highest BCUT2D eigenvalue weighted by Gasteiger charge is 2.31. The summed E-state index contributed by atoms with van der Waals surface area (Å²) in [5.41, 5.74) is -0.0348. The fourth-order valence-corrected chi connectivity index (χ4v) is 3.20. The van der Waals surface area contributed by atoms with Crippen LogP contribution in [-0.4, -0.2) is 16.1 Å². The summed E-state index contributed by atoms with van der Waals surface area (Å²) in [7, 11) is 0. The van der Waals surface area contributed by atoms with Crippen LogP contribution >= 0.6 is 11.6 Å². The van der Waals surface area contributed by atoms with Crippen molar-refractivity contribution in [1.82, 2.24) is 4.98 Å². The SMILES string of the molecule is O=C(O)c1cc(-c2ccc(-c3cc(C(F)(F)F)ccc3Cl)o2)nc2ccccc12. The molecule has 0 spiro atoms. The molecular formula is C21H11ClF3NO3. The highest BCUT2D eigenvalue weighted by Crippen LogP contribution is 2.38. The number of aromatic carboxylic acids is 1. The van der Waals surface area contributed by atoms with E-state index in [2.05, 4.69) is 4.98 Å². The van der Waals surface area contributed by atoms with Gasteiger partial charge in [0.25, 0.3) is 0 Å². The molecule has 8 heteroatoms. The van der Waals surface area contributed by atoms with Crippen molar-refractivity contribution in [3.05, 3.63) is 76.8 Å². The second-order valence-corrected chi connectivity index (χ2v) is 6.64. The van der Waals surface area contributed by atoms with Gasteiger partial charge in [0.1, 0.15) is 11.5 Å². The second-order valence-electron chi connectivity index (χ2n) is 6.23. The summed E-state index contributed by atoms with van der Waals surface area (Å²) in [6.45, 7) is 0. The monoisotopic (exact) mass is 417 g/mol. The van der Waals surface area contributed by atoms with Gasteiger partial charge in [0.15, 0.2) is 5.76 Å². The van der Waals surface area contributed by atoms with Gasteiger partial charge in [0, 0.05) is 10.9 Å². The van der Waals surface area contributed by atoms with Crippen LogP contribution in [0.15, 0.2) is 65.1 Å². The summed E-state index contributed by atoms with van der Waals surface area (Å²) in [6, 6.07) is 14.0. The maximum atomic E-state index is 13.0. The minimum Gasteiger partial charge on any atom is -0.478 e. The zero-order valence-electron chi connectivity index (χ0n) is 14.5. The molecule has 4 nitrogen and oxygen atoms in total. The topological polar surface area (TPSA) is 63.3 Å². The molecule has 0 atom stereocenters. The molecule has 0 unspecified atom stereocenters. The summed E-state index contributed by atoms with van der Waals surface area (Å²) in [6.07, 6.45) is -4.52. The highest BCUT2D eigenvalue weighted by molar-refractivity contribution is 6.33. The maximum Gasteiger partial charge on any atom is 0.416 e. The van der Waals surface area contributed by atoms with Crippen LogP contribution in [0.2, 0.25) is 5.02 Å². The Morgan fingerprint density at radius 3 is 2.45 bits per heavy atom. The molecule has 2 aromatic heterocycles. The molecular weight excluding hydrogens is 407 g/mol. The number of carboxylic acid groups (broad SMARTS) is 1. The molecule has 0 amide bonds. The number of hydrogen-bond acceptors (Lipinski definition) is 3. The summed E-state index contributed by atoms with van der Waals surface area (Å²) in [5, 5.41) is 10.1. The Bertz CT molecular complexity index is 1250. The summed E-state index contributed by atoms with van der Waals surface area (Å²) < 4.78 is 44.7. The van der Waals surface area contributed by atoms with E-state index in [-0.39, 0.29) is 33.4 Å². The van der Waals surface area contributed by atoms with Crippen LogP contribution < -0.4 is 0 Å². The molecule has 0 radical (unpaired) electrons. The fraction of sp³-hybridized carbons (Fsp3) is 0.0476. The molecule has 0 aliphatic carbocycles. The zero-order valence-corrected chi connectivity index (χ0v) is 15.3. The average molecular weight is 418 g/mol. The molecule has 0 bridgehead atoms. The van der Waals surface area contributed by atoms with Crippen LogP contribution in [0.5, 0.6) is 0 Å². The highest BCUT2D eigenvalue weighted by atomic mass is 35.5. The van der Waals surface area contributed by atoms with Gasteiger partial charge in [-0.05, 0) is 42.5 Å². The molecule has 0 saturated carbocycles. The van der Waals surface area contributed by atoms with Gasteiger partial charge in [0.05, 0.1) is 21.7 Å². The molecule has 0 aliphatic heterocycles. The zero-order chi connectivity index (χ0) is 20.8. The lowest BCUT2D eigenvalue weighted by molar-refractivity contribution is -0.137. The molecule has 4 rings (SSSR count). The van der Waals surface area contributed by atoms with E-state index in [1.165, 1.54) is 18.2 Å². The number of furan rings is 1. The first-order valence-electron chi connectivity index (χ1n) is 8.34. The third-order valence-corrected chi connectivity index (χ3v) is 4.69. The third kappa shape index (κ3) is 3.56. The summed E-state index contributed by atoms with van der Waals surface area (Å²) in [4.78, 5) is 16.0. The number of hydrogen-bond donors (Lipinski definition) is 1. The van der Waals surface area contributed by atoms with E-state index >= 15 is 0 Å². The number of nitrogens with zero attached hydrogens (tertiary/aromatic N) is 1. The van der Waals surface area contributed by atoms with Crippen LogP contribution in [0.3, 0.4) is 0 Å². The molecule has 29 heavy (non-hydrogen) atoms. The van der Waals surface area contributed by atoms with E-state index in [4.69, 9.17) is 16.0 Å². The molecule has 1 N–H and O–H groups in total. The van der Waals surface area contributed by atoms with Crippen LogP contribution in [0.1, 0.15) is 15.9 Å². The van der Waals surface area contributed by atoms with E-state index in [9.17, 15) is 23.1 Å². The Labute approximate surface area is 167 Å². The van der Waals surface area contributed by atoms with Gasteiger partial charge in [-0.3, -0.25) is 0 Å². The van der Waals surface area contributed by atoms with Gasteiger partial charge in [-0.25, -0.2) is 9.78 Å². The molecule has 0 saturated heterocycles. The quantitative estimate of drug-likeness (QED) is 0.411. The van der Waals surface area contributed by atoms with Gasteiger partial charge in [0.2, 0.25) is 0 Å². The Morgan fingerprint density at radius 1 is 1.00 bits per heavy atom. The average Bonchev–Trinajstić information content (AvgIpc) is 3.16. The van der Waals surface area contributed by atoms with E-state index in [0.29, 0.717) is 10.9 Å². The van der Waals surface area contributed by atoms with Gasteiger partial charge >= 0.3 is 12.1 Å². The van der Waals surface area contributed by atoms with E-state index < -0.39 is 17.7 Å². The van der Waals surface area contributed by atoms with Crippen LogP contribution in [0, 0.1) is 0 Å². The number of halogens is 4. The molecule has 0 fully saturated rings. The number of alkyl halides is 3. The standard InChI is InChI=1S/C21H11ClF3NO3/c22-15-6-5-11(21(23,24)25)9-14(15)18-7-8-19(29-18)17-10-13(20(27)28)12-3-1-2-4-16(12)26-17/h1-10H,(H,27,28). The number of pyridine rings is 1. The van der Waals surface area contributed by atoms with Crippen LogP contribution in [-0.2, 0) is 6.18 Å². The molecule has 2 aromatic carbocycles. The first-order valence-corrected chi connectivity index (χ1v) is 8.72. The van der Waals surface area contributed by atoms with Crippen molar-refractivity contribution in [3.63, 3.8) is 0 Å². The van der Waals surface area contributed by atoms with Crippen LogP contribution in [0.4, 0.5) is 13.2 Å². The summed E-state index contributed by atoms with van der Waals surface area (Å²) >= 11 is 6.06. The van der Waals surface area contributed by atoms with Crippen molar-refractivity contribution >= 4 is 28.5 Å². The van der Waals surface area contributed by atoms with E-state index in [0.717, 1.165) is 18.2 Å². The fourth-order valence-electron chi connectivity index (χ4n) is 2.99. The molecule has 146 valence electrons. The van der Waals surface area contributed by atoms with Gasteiger partial charge in [-0.2, -0.15) is 13.2 Å². The number of carboxylic acids is 1. The van der Waals surface area contributed by atoms with Gasteiger partial charge < -0.3 is 9.52 Å². The first-order chi connectivity index (χ1) is 13.7. The second kappa shape index (κ2) is 6.93. The Balaban J connectivity index is 1.82. The minimum absolute atomic E-state index is 0.0423. The number of benzene rings is 2. The van der Waals surface area contributed by atoms with E-state index in [1.807, 2.05) is 0 Å². The summed E-state index contributed by atoms with van der Waals surface area (Å²) in [5.74, 6) is -0.804. The van der Waals surface area contributed by atoms with Gasteiger partial charge in [-0.15, -0.1) is 0 Å². The van der Waals surface area contributed by atoms with Crippen molar-refractivity contribution < 1.29 is 27.5 Å². The molecule has 0 aliphatic rings. The van der Waals surface area contributed by atoms with Crippen molar-refractivity contribution in [2.24, 2.45) is 0 Å². The predicted molar refractivity (Wildman–Crippen MR) is 102 cm³/mol. The molecule has 2 heterocycles. The minimum atomic E-state index is -4.52. The van der Waals surface area contributed by atoms with Crippen LogP contribution in [0.25, 0.3) is 33.7 Å². The predicted octanol–water partition coefficient (Wildman–Crippen LogP) is 6.53. The van der Waals surface area contributed by atoms with E-state index in [1.54, 1.807) is 24.3 Å². The number of carbonyl (C=O) groups is 1. The van der Waals surface area contributed by atoms with Crippen molar-refractivity contribution in [3.8, 4) is 22.8 Å². The number of para-hydroxylation sites is 1. The number of aromatic nitrogens is 1. The lowest BCUT2D eigenvalue weighted by Crippen LogP contribution is -2.04. The van der Waals surface area contributed by atoms with Crippen molar-refractivity contribution in [2.45, 2.75) is 6.18 Å². The lowest BCUT2D eigenvalue weighted by atomic mass is 10.1. The normalized spacial score (nSPS) is 11.7. The van der Waals surface area contributed by atoms with Crippen molar-refractivity contribution in [2.75, 3.05) is 0 Å². The number of rotatable bonds is 3. The maximum absolute atomic E-state index is 13.0. The Morgan fingerprint density at radius 2 is 1.72 bits per heavy atom. The Kier molecular flexibility index (Phi) is 4.55. The largest absolute Gasteiger partial charge is 0.478 e.